The molecule has 3 rings (SSSR count). The van der Waals surface area contributed by atoms with Crippen LogP contribution in [0, 0.1) is 13.8 Å². The number of carbonyl (C=O) groups excluding carboxylic acids is 2. The third kappa shape index (κ3) is 4.29. The topological polar surface area (TPSA) is 98.7 Å². The monoisotopic (exact) mass is 376 g/mol. The average Bonchev–Trinajstić information content (AvgIpc) is 2.65. The van der Waals surface area contributed by atoms with Crippen molar-refractivity contribution in [3.8, 4) is 11.5 Å². The third-order valence-electron chi connectivity index (χ3n) is 4.17. The molecule has 3 aromatic rings. The lowest BCUT2D eigenvalue weighted by molar-refractivity contribution is 0.101. The summed E-state index contributed by atoms with van der Waals surface area (Å²) >= 11 is 0. The zero-order chi connectivity index (χ0) is 20.3. The van der Waals surface area contributed by atoms with E-state index in [9.17, 15) is 19.8 Å². The van der Waals surface area contributed by atoms with E-state index in [-0.39, 0.29) is 22.9 Å². The summed E-state index contributed by atoms with van der Waals surface area (Å²) in [4.78, 5) is 24.8. The summed E-state index contributed by atoms with van der Waals surface area (Å²) in [5.74, 6) is -1.46. The second-order valence-corrected chi connectivity index (χ2v) is 6.53. The first-order valence-corrected chi connectivity index (χ1v) is 8.65. The molecule has 2 amide bonds. The average molecular weight is 376 g/mol. The lowest BCUT2D eigenvalue weighted by Crippen LogP contribution is -2.14. The van der Waals surface area contributed by atoms with Crippen molar-refractivity contribution in [2.24, 2.45) is 0 Å². The first kappa shape index (κ1) is 19.0. The predicted octanol–water partition coefficient (Wildman–Crippen LogP) is 4.22. The van der Waals surface area contributed by atoms with Gasteiger partial charge in [0.25, 0.3) is 11.8 Å². The number of amides is 2. The highest BCUT2D eigenvalue weighted by atomic mass is 16.3. The van der Waals surface area contributed by atoms with Crippen LogP contribution in [0.25, 0.3) is 0 Å². The Kier molecular flexibility index (Phi) is 5.31. The molecule has 0 heterocycles. The summed E-state index contributed by atoms with van der Waals surface area (Å²) in [6.07, 6.45) is 0. The van der Waals surface area contributed by atoms with Gasteiger partial charge in [0.15, 0.2) is 0 Å². The molecule has 0 spiro atoms. The van der Waals surface area contributed by atoms with Crippen LogP contribution in [0.3, 0.4) is 0 Å². The molecular formula is C22H20N2O4. The molecule has 142 valence electrons. The standard InChI is InChI=1S/C22H20N2O4/c1-13-5-3-7-15(9-13)21(27)23-17-11-18(20(26)12-19(17)25)24-22(28)16-8-4-6-14(2)10-16/h3-12,25-26H,1-2H3,(H,23,27)(H,24,28). The Morgan fingerprint density at radius 2 is 1.11 bits per heavy atom. The second kappa shape index (κ2) is 7.84. The fourth-order valence-electron chi connectivity index (χ4n) is 2.74. The normalized spacial score (nSPS) is 10.4. The Hall–Kier alpha value is -3.80. The summed E-state index contributed by atoms with van der Waals surface area (Å²) in [5, 5.41) is 25.3. The fraction of sp³-hybridized carbons (Fsp3) is 0.0909. The number of aromatic hydroxyl groups is 2. The minimum Gasteiger partial charge on any atom is -0.506 e. The molecule has 0 aliphatic rings. The van der Waals surface area contributed by atoms with Gasteiger partial charge in [0, 0.05) is 17.2 Å². The van der Waals surface area contributed by atoms with Crippen molar-refractivity contribution >= 4 is 23.2 Å². The van der Waals surface area contributed by atoms with Crippen molar-refractivity contribution in [3.05, 3.63) is 82.9 Å². The first-order valence-electron chi connectivity index (χ1n) is 8.65. The molecule has 0 aliphatic carbocycles. The number of hydrogen-bond acceptors (Lipinski definition) is 4. The summed E-state index contributed by atoms with van der Waals surface area (Å²) in [7, 11) is 0. The zero-order valence-corrected chi connectivity index (χ0v) is 15.5. The van der Waals surface area contributed by atoms with E-state index < -0.39 is 11.8 Å². The molecular weight excluding hydrogens is 356 g/mol. The molecule has 0 fully saturated rings. The highest BCUT2D eigenvalue weighted by molar-refractivity contribution is 6.07. The van der Waals surface area contributed by atoms with Gasteiger partial charge in [-0.3, -0.25) is 9.59 Å². The summed E-state index contributed by atoms with van der Waals surface area (Å²) in [6, 6.07) is 16.4. The third-order valence-corrected chi connectivity index (χ3v) is 4.17. The number of rotatable bonds is 4. The van der Waals surface area contributed by atoms with Crippen molar-refractivity contribution in [1.29, 1.82) is 0 Å². The van der Waals surface area contributed by atoms with Gasteiger partial charge in [-0.1, -0.05) is 35.4 Å². The van der Waals surface area contributed by atoms with Crippen molar-refractivity contribution in [3.63, 3.8) is 0 Å². The van der Waals surface area contributed by atoms with E-state index in [4.69, 9.17) is 0 Å². The van der Waals surface area contributed by atoms with E-state index in [1.54, 1.807) is 36.4 Å². The Balaban J connectivity index is 1.84. The maximum Gasteiger partial charge on any atom is 0.255 e. The Morgan fingerprint density at radius 1 is 0.679 bits per heavy atom. The van der Waals surface area contributed by atoms with Gasteiger partial charge in [0.2, 0.25) is 0 Å². The Labute approximate surface area is 162 Å². The van der Waals surface area contributed by atoms with Crippen LogP contribution in [0.5, 0.6) is 11.5 Å². The van der Waals surface area contributed by atoms with Crippen LogP contribution >= 0.6 is 0 Å². The minimum absolute atomic E-state index is 0.0730. The highest BCUT2D eigenvalue weighted by Gasteiger charge is 2.15. The lowest BCUT2D eigenvalue weighted by atomic mass is 10.1. The van der Waals surface area contributed by atoms with E-state index in [1.165, 1.54) is 6.07 Å². The van der Waals surface area contributed by atoms with E-state index in [1.807, 2.05) is 26.0 Å². The molecule has 0 aliphatic heterocycles. The van der Waals surface area contributed by atoms with Crippen LogP contribution in [-0.4, -0.2) is 22.0 Å². The number of carbonyl (C=O) groups is 2. The van der Waals surface area contributed by atoms with Gasteiger partial charge < -0.3 is 20.8 Å². The van der Waals surface area contributed by atoms with Crippen LogP contribution in [0.15, 0.2) is 60.7 Å². The number of nitrogens with one attached hydrogen (secondary N) is 2. The first-order chi connectivity index (χ1) is 13.3. The van der Waals surface area contributed by atoms with Gasteiger partial charge in [-0.25, -0.2) is 0 Å². The van der Waals surface area contributed by atoms with E-state index in [0.717, 1.165) is 17.2 Å². The molecule has 0 saturated carbocycles. The van der Waals surface area contributed by atoms with Gasteiger partial charge >= 0.3 is 0 Å². The SMILES string of the molecule is Cc1cccc(C(=O)Nc2cc(NC(=O)c3cccc(C)c3)c(O)cc2O)c1. The second-order valence-electron chi connectivity index (χ2n) is 6.53. The Morgan fingerprint density at radius 3 is 1.50 bits per heavy atom. The van der Waals surface area contributed by atoms with Gasteiger partial charge in [0.05, 0.1) is 11.4 Å². The zero-order valence-electron chi connectivity index (χ0n) is 15.5. The van der Waals surface area contributed by atoms with Gasteiger partial charge in [-0.15, -0.1) is 0 Å². The van der Waals surface area contributed by atoms with Crippen LogP contribution in [0.4, 0.5) is 11.4 Å². The number of benzene rings is 3. The molecule has 0 bridgehead atoms. The molecule has 6 nitrogen and oxygen atoms in total. The molecule has 6 heteroatoms. The van der Waals surface area contributed by atoms with Crippen molar-refractivity contribution in [2.45, 2.75) is 13.8 Å². The number of hydrogen-bond donors (Lipinski definition) is 4. The maximum atomic E-state index is 12.4. The van der Waals surface area contributed by atoms with Crippen molar-refractivity contribution in [1.82, 2.24) is 0 Å². The van der Waals surface area contributed by atoms with E-state index >= 15 is 0 Å². The van der Waals surface area contributed by atoms with E-state index in [0.29, 0.717) is 11.1 Å². The van der Waals surface area contributed by atoms with Gasteiger partial charge in [-0.2, -0.15) is 0 Å². The quantitative estimate of drug-likeness (QED) is 0.405. The van der Waals surface area contributed by atoms with Crippen LogP contribution in [0.2, 0.25) is 0 Å². The fourth-order valence-corrected chi connectivity index (χ4v) is 2.74. The smallest absolute Gasteiger partial charge is 0.255 e. The Bertz CT molecular complexity index is 979. The van der Waals surface area contributed by atoms with Crippen LogP contribution < -0.4 is 10.6 Å². The van der Waals surface area contributed by atoms with Crippen LogP contribution in [0.1, 0.15) is 31.8 Å². The van der Waals surface area contributed by atoms with Gasteiger partial charge in [0.1, 0.15) is 11.5 Å². The summed E-state index contributed by atoms with van der Waals surface area (Å²) in [5.41, 5.74) is 2.85. The van der Waals surface area contributed by atoms with Gasteiger partial charge in [-0.05, 0) is 44.2 Å². The highest BCUT2D eigenvalue weighted by Crippen LogP contribution is 2.35. The molecule has 0 radical (unpaired) electrons. The molecule has 0 unspecified atom stereocenters. The molecule has 28 heavy (non-hydrogen) atoms. The number of phenolic OH excluding ortho intramolecular Hbond substituents is 2. The van der Waals surface area contributed by atoms with E-state index in [2.05, 4.69) is 10.6 Å². The maximum absolute atomic E-state index is 12.4. The number of phenols is 2. The molecule has 4 N–H and O–H groups in total. The van der Waals surface area contributed by atoms with Crippen LogP contribution in [-0.2, 0) is 0 Å². The number of aryl methyl sites for hydroxylation is 2. The molecule has 0 aromatic heterocycles. The van der Waals surface area contributed by atoms with Crippen molar-refractivity contribution < 1.29 is 19.8 Å². The largest absolute Gasteiger partial charge is 0.506 e. The minimum atomic E-state index is -0.416. The summed E-state index contributed by atoms with van der Waals surface area (Å²) < 4.78 is 0. The molecule has 0 saturated heterocycles. The summed E-state index contributed by atoms with van der Waals surface area (Å²) in [6.45, 7) is 3.74. The lowest BCUT2D eigenvalue weighted by Gasteiger charge is -2.13. The molecule has 0 atom stereocenters. The number of anilines is 2. The van der Waals surface area contributed by atoms with Crippen molar-refractivity contribution in [2.75, 3.05) is 10.6 Å². The molecule has 3 aromatic carbocycles. The predicted molar refractivity (Wildman–Crippen MR) is 108 cm³/mol.